The molecule has 1 aliphatic carbocycles. The van der Waals surface area contributed by atoms with Crippen molar-refractivity contribution in [2.45, 2.75) is 37.6 Å². The van der Waals surface area contributed by atoms with Gasteiger partial charge in [0.15, 0.2) is 0 Å². The van der Waals surface area contributed by atoms with E-state index in [1.807, 2.05) is 0 Å². The molecule has 0 bridgehead atoms. The second-order valence-corrected chi connectivity index (χ2v) is 6.07. The molecular weight excluding hydrogens is 272 g/mol. The van der Waals surface area contributed by atoms with Crippen LogP contribution in [0.3, 0.4) is 0 Å². The smallest absolute Gasteiger partial charge is 0.325 e. The van der Waals surface area contributed by atoms with Crippen molar-refractivity contribution in [3.05, 3.63) is 0 Å². The van der Waals surface area contributed by atoms with Crippen molar-refractivity contribution in [3.8, 4) is 0 Å². The molecule has 2 rings (SSSR count). The quantitative estimate of drug-likeness (QED) is 0.708. The second-order valence-electron chi connectivity index (χ2n) is 6.07. The summed E-state index contributed by atoms with van der Waals surface area (Å²) < 4.78 is 0. The number of carbonyl (C=O) groups is 3. The fourth-order valence-electron chi connectivity index (χ4n) is 3.29. The fraction of sp³-hybridized carbons (Fsp3) is 0.786. The number of carbonyl (C=O) groups excluding carboxylic acids is 3. The van der Waals surface area contributed by atoms with E-state index in [0.29, 0.717) is 13.0 Å². The van der Waals surface area contributed by atoms with E-state index in [1.165, 1.54) is 9.80 Å². The van der Waals surface area contributed by atoms with Crippen molar-refractivity contribution in [1.82, 2.24) is 15.1 Å². The van der Waals surface area contributed by atoms with Gasteiger partial charge in [0, 0.05) is 33.0 Å². The predicted octanol–water partition coefficient (Wildman–Crippen LogP) is -0.0958. The lowest BCUT2D eigenvalue weighted by molar-refractivity contribution is -0.135. The van der Waals surface area contributed by atoms with Crippen LogP contribution in [0.25, 0.3) is 0 Å². The van der Waals surface area contributed by atoms with Crippen LogP contribution >= 0.6 is 0 Å². The number of nitrogens with zero attached hydrogens (tertiary/aromatic N) is 2. The standard InChI is InChI=1S/C14H24N4O3/c1-17(2)11(19)6-8-18-12(20)14(16-13(18)21)7-4-3-5-10(14)9-15/h10H,3-9,15H2,1-2H3,(H,16,21). The Morgan fingerprint density at radius 2 is 2.14 bits per heavy atom. The van der Waals surface area contributed by atoms with Gasteiger partial charge in [-0.25, -0.2) is 4.79 Å². The van der Waals surface area contributed by atoms with Gasteiger partial charge in [0.2, 0.25) is 5.91 Å². The number of imide groups is 1. The molecule has 4 amide bonds. The van der Waals surface area contributed by atoms with E-state index < -0.39 is 11.6 Å². The Hall–Kier alpha value is -1.63. The van der Waals surface area contributed by atoms with Crippen LogP contribution in [0.15, 0.2) is 0 Å². The maximum absolute atomic E-state index is 12.7. The molecule has 0 aromatic rings. The van der Waals surface area contributed by atoms with Crippen LogP contribution in [0, 0.1) is 5.92 Å². The molecule has 1 saturated carbocycles. The molecule has 2 fully saturated rings. The van der Waals surface area contributed by atoms with Crippen molar-refractivity contribution in [3.63, 3.8) is 0 Å². The SMILES string of the molecule is CN(C)C(=O)CCN1C(=O)NC2(CCCCC2CN)C1=O. The van der Waals surface area contributed by atoms with Crippen LogP contribution in [0.1, 0.15) is 32.1 Å². The molecular formula is C14H24N4O3. The lowest BCUT2D eigenvalue weighted by atomic mass is 9.72. The summed E-state index contributed by atoms with van der Waals surface area (Å²) in [5.74, 6) is -0.331. The van der Waals surface area contributed by atoms with E-state index in [0.717, 1.165) is 19.3 Å². The summed E-state index contributed by atoms with van der Waals surface area (Å²) in [6, 6.07) is -0.396. The molecule has 0 radical (unpaired) electrons. The lowest BCUT2D eigenvalue weighted by Crippen LogP contribution is -2.57. The van der Waals surface area contributed by atoms with Gasteiger partial charge in [-0.2, -0.15) is 0 Å². The highest BCUT2D eigenvalue weighted by Crippen LogP contribution is 2.37. The highest BCUT2D eigenvalue weighted by molar-refractivity contribution is 6.07. The van der Waals surface area contributed by atoms with Gasteiger partial charge in [-0.3, -0.25) is 14.5 Å². The van der Waals surface area contributed by atoms with Crippen LogP contribution < -0.4 is 11.1 Å². The number of nitrogens with one attached hydrogen (secondary N) is 1. The molecule has 118 valence electrons. The largest absolute Gasteiger partial charge is 0.349 e. The van der Waals surface area contributed by atoms with Gasteiger partial charge in [-0.15, -0.1) is 0 Å². The molecule has 2 aliphatic rings. The Kier molecular flexibility index (Phi) is 4.51. The van der Waals surface area contributed by atoms with E-state index in [9.17, 15) is 14.4 Å². The molecule has 2 unspecified atom stereocenters. The molecule has 1 aliphatic heterocycles. The van der Waals surface area contributed by atoms with Gasteiger partial charge in [-0.05, 0) is 19.4 Å². The second kappa shape index (κ2) is 6.01. The molecule has 1 spiro atoms. The minimum Gasteiger partial charge on any atom is -0.349 e. The lowest BCUT2D eigenvalue weighted by Gasteiger charge is -2.38. The molecule has 1 saturated heterocycles. The number of amides is 4. The minimum absolute atomic E-state index is 0.0164. The molecule has 7 nitrogen and oxygen atoms in total. The summed E-state index contributed by atoms with van der Waals surface area (Å²) in [6.45, 7) is 0.511. The van der Waals surface area contributed by atoms with Crippen LogP contribution in [0.5, 0.6) is 0 Å². The highest BCUT2D eigenvalue weighted by Gasteiger charge is 2.55. The predicted molar refractivity (Wildman–Crippen MR) is 77.3 cm³/mol. The number of hydrogen-bond acceptors (Lipinski definition) is 4. The fourth-order valence-corrected chi connectivity index (χ4v) is 3.29. The van der Waals surface area contributed by atoms with Crippen LogP contribution in [0.4, 0.5) is 4.79 Å². The monoisotopic (exact) mass is 296 g/mol. The zero-order chi connectivity index (χ0) is 15.6. The van der Waals surface area contributed by atoms with Crippen LogP contribution in [-0.4, -0.2) is 60.4 Å². The highest BCUT2D eigenvalue weighted by atomic mass is 16.2. The van der Waals surface area contributed by atoms with Crippen molar-refractivity contribution in [1.29, 1.82) is 0 Å². The van der Waals surface area contributed by atoms with Gasteiger partial charge < -0.3 is 16.0 Å². The van der Waals surface area contributed by atoms with Crippen molar-refractivity contribution >= 4 is 17.8 Å². The van der Waals surface area contributed by atoms with Crippen molar-refractivity contribution in [2.24, 2.45) is 11.7 Å². The number of urea groups is 1. The summed E-state index contributed by atoms with van der Waals surface area (Å²) in [5, 5.41) is 2.86. The molecule has 0 aromatic carbocycles. The topological polar surface area (TPSA) is 95.7 Å². The Morgan fingerprint density at radius 1 is 1.43 bits per heavy atom. The maximum Gasteiger partial charge on any atom is 0.325 e. The van der Waals surface area contributed by atoms with E-state index >= 15 is 0 Å². The average Bonchev–Trinajstić information content (AvgIpc) is 2.68. The van der Waals surface area contributed by atoms with E-state index in [2.05, 4.69) is 5.32 Å². The summed E-state index contributed by atoms with van der Waals surface area (Å²) in [7, 11) is 3.31. The first-order valence-electron chi connectivity index (χ1n) is 7.46. The maximum atomic E-state index is 12.7. The van der Waals surface area contributed by atoms with E-state index in [4.69, 9.17) is 5.73 Å². The summed E-state index contributed by atoms with van der Waals surface area (Å²) in [5.41, 5.74) is 4.95. The van der Waals surface area contributed by atoms with E-state index in [-0.39, 0.29) is 30.7 Å². The first kappa shape index (κ1) is 15.8. The zero-order valence-corrected chi connectivity index (χ0v) is 12.7. The third-order valence-corrected chi connectivity index (χ3v) is 4.61. The van der Waals surface area contributed by atoms with Crippen LogP contribution in [-0.2, 0) is 9.59 Å². The van der Waals surface area contributed by atoms with Gasteiger partial charge in [0.25, 0.3) is 5.91 Å². The van der Waals surface area contributed by atoms with Gasteiger partial charge in [-0.1, -0.05) is 12.8 Å². The zero-order valence-electron chi connectivity index (χ0n) is 12.7. The normalized spacial score (nSPS) is 28.9. The molecule has 2 atom stereocenters. The summed E-state index contributed by atoms with van der Waals surface area (Å²) in [6.07, 6.45) is 3.58. The third kappa shape index (κ3) is 2.74. The van der Waals surface area contributed by atoms with Gasteiger partial charge >= 0.3 is 6.03 Å². The Morgan fingerprint density at radius 3 is 2.76 bits per heavy atom. The summed E-state index contributed by atoms with van der Waals surface area (Å²) in [4.78, 5) is 39.1. The average molecular weight is 296 g/mol. The minimum atomic E-state index is -0.842. The molecule has 1 heterocycles. The first-order valence-corrected chi connectivity index (χ1v) is 7.46. The molecule has 3 N–H and O–H groups in total. The number of hydrogen-bond donors (Lipinski definition) is 2. The molecule has 7 heteroatoms. The number of rotatable bonds is 4. The number of nitrogens with two attached hydrogens (primary N) is 1. The molecule has 0 aromatic heterocycles. The summed E-state index contributed by atoms with van der Waals surface area (Å²) >= 11 is 0. The molecule has 21 heavy (non-hydrogen) atoms. The first-order chi connectivity index (χ1) is 9.92. The Balaban J connectivity index is 2.10. The van der Waals surface area contributed by atoms with Gasteiger partial charge in [0.1, 0.15) is 5.54 Å². The van der Waals surface area contributed by atoms with Gasteiger partial charge in [0.05, 0.1) is 0 Å². The van der Waals surface area contributed by atoms with Crippen molar-refractivity contribution < 1.29 is 14.4 Å². The third-order valence-electron chi connectivity index (χ3n) is 4.61. The Bertz CT molecular complexity index is 452. The van der Waals surface area contributed by atoms with Crippen molar-refractivity contribution in [2.75, 3.05) is 27.2 Å². The Labute approximate surface area is 124 Å². The van der Waals surface area contributed by atoms with Crippen LogP contribution in [0.2, 0.25) is 0 Å². The van der Waals surface area contributed by atoms with E-state index in [1.54, 1.807) is 14.1 Å².